The molecule has 0 radical (unpaired) electrons. The van der Waals surface area contributed by atoms with Gasteiger partial charge in [-0.1, -0.05) is 13.8 Å². The molecule has 0 fully saturated rings. The summed E-state index contributed by atoms with van der Waals surface area (Å²) < 4.78 is 0. The highest BCUT2D eigenvalue weighted by Gasteiger charge is 2.06. The summed E-state index contributed by atoms with van der Waals surface area (Å²) in [6.07, 6.45) is 0. The van der Waals surface area contributed by atoms with Crippen LogP contribution in [0.25, 0.3) is 0 Å². The molecule has 1 amide bonds. The Kier molecular flexibility index (Phi) is 3.90. The molecule has 0 aromatic carbocycles. The monoisotopic (exact) mass is 161 g/mol. The molecular weight excluding hydrogens is 150 g/mol. The number of rotatable bonds is 1. The lowest BCUT2D eigenvalue weighted by atomic mass is 10.2. The van der Waals surface area contributed by atoms with E-state index in [1.54, 1.807) is 13.8 Å². The lowest BCUT2D eigenvalue weighted by Gasteiger charge is -2.06. The molecule has 0 aliphatic carbocycles. The second-order valence-corrected chi connectivity index (χ2v) is 2.53. The van der Waals surface area contributed by atoms with Crippen molar-refractivity contribution in [3.63, 3.8) is 0 Å². The van der Waals surface area contributed by atoms with E-state index in [0.717, 1.165) is 0 Å². The van der Waals surface area contributed by atoms with E-state index in [-0.39, 0.29) is 16.9 Å². The summed E-state index contributed by atoms with van der Waals surface area (Å²) >= 11 is 4.58. The van der Waals surface area contributed by atoms with Crippen molar-refractivity contribution < 1.29 is 4.79 Å². The highest BCUT2D eigenvalue weighted by atomic mass is 32.1. The SMILES string of the molecule is CC(C)C(=O)NC(=S)NN. The summed E-state index contributed by atoms with van der Waals surface area (Å²) in [6, 6.07) is 0. The molecule has 0 saturated carbocycles. The standard InChI is InChI=1S/C5H11N3OS/c1-3(2)4(9)7-5(10)8-6/h3H,6H2,1-2H3,(H2,7,8,9,10). The van der Waals surface area contributed by atoms with Crippen LogP contribution in [0.3, 0.4) is 0 Å². The molecule has 0 rings (SSSR count). The summed E-state index contributed by atoms with van der Waals surface area (Å²) in [5, 5.41) is 2.54. The fourth-order valence-electron chi connectivity index (χ4n) is 0.292. The van der Waals surface area contributed by atoms with Crippen LogP contribution in [0.5, 0.6) is 0 Å². The largest absolute Gasteiger partial charge is 0.302 e. The van der Waals surface area contributed by atoms with Gasteiger partial charge < -0.3 is 10.7 Å². The number of thiocarbonyl (C=S) groups is 1. The third-order valence-corrected chi connectivity index (χ3v) is 1.11. The first kappa shape index (κ1) is 9.32. The first-order valence-corrected chi connectivity index (χ1v) is 3.30. The number of nitrogens with one attached hydrogen (secondary N) is 2. The van der Waals surface area contributed by atoms with Gasteiger partial charge in [0.05, 0.1) is 0 Å². The van der Waals surface area contributed by atoms with Crippen molar-refractivity contribution in [2.24, 2.45) is 11.8 Å². The summed E-state index contributed by atoms with van der Waals surface area (Å²) in [4.78, 5) is 10.8. The lowest BCUT2D eigenvalue weighted by molar-refractivity contribution is -0.122. The number of amides is 1. The predicted octanol–water partition coefficient (Wildman–Crippen LogP) is -0.493. The van der Waals surface area contributed by atoms with Gasteiger partial charge in [0.25, 0.3) is 0 Å². The average Bonchev–Trinajstić information content (AvgIpc) is 1.87. The Balaban J connectivity index is 3.69. The molecule has 0 unspecified atom stereocenters. The minimum Gasteiger partial charge on any atom is -0.302 e. The van der Waals surface area contributed by atoms with E-state index in [1.165, 1.54) is 0 Å². The maximum atomic E-state index is 10.8. The van der Waals surface area contributed by atoms with Crippen molar-refractivity contribution >= 4 is 23.2 Å². The number of hydrazine groups is 1. The van der Waals surface area contributed by atoms with Crippen LogP contribution >= 0.6 is 12.2 Å². The van der Waals surface area contributed by atoms with Crippen LogP contribution in [-0.2, 0) is 4.79 Å². The van der Waals surface area contributed by atoms with Gasteiger partial charge in [0.1, 0.15) is 0 Å². The molecule has 0 saturated heterocycles. The van der Waals surface area contributed by atoms with Crippen LogP contribution in [0.15, 0.2) is 0 Å². The Morgan fingerprint density at radius 2 is 2.10 bits per heavy atom. The zero-order chi connectivity index (χ0) is 8.15. The van der Waals surface area contributed by atoms with Gasteiger partial charge in [-0.3, -0.25) is 4.79 Å². The van der Waals surface area contributed by atoms with Gasteiger partial charge in [-0.05, 0) is 12.2 Å². The third kappa shape index (κ3) is 3.37. The fraction of sp³-hybridized carbons (Fsp3) is 0.600. The number of hydrogen-bond acceptors (Lipinski definition) is 3. The molecule has 0 aliphatic rings. The Morgan fingerprint density at radius 3 is 2.40 bits per heavy atom. The van der Waals surface area contributed by atoms with Crippen LogP contribution in [0, 0.1) is 5.92 Å². The summed E-state index contributed by atoms with van der Waals surface area (Å²) in [5.74, 6) is 4.70. The second-order valence-electron chi connectivity index (χ2n) is 2.12. The van der Waals surface area contributed by atoms with E-state index in [0.29, 0.717) is 0 Å². The minimum absolute atomic E-state index is 0.0775. The van der Waals surface area contributed by atoms with Gasteiger partial charge in [-0.2, -0.15) is 0 Å². The molecule has 4 nitrogen and oxygen atoms in total. The van der Waals surface area contributed by atoms with Crippen LogP contribution in [0.4, 0.5) is 0 Å². The molecule has 0 atom stereocenters. The molecule has 0 aromatic rings. The lowest BCUT2D eigenvalue weighted by Crippen LogP contribution is -2.44. The molecule has 5 heteroatoms. The molecule has 4 N–H and O–H groups in total. The summed E-state index contributed by atoms with van der Waals surface area (Å²) in [6.45, 7) is 3.54. The van der Waals surface area contributed by atoms with Gasteiger partial charge in [-0.25, -0.2) is 5.84 Å². The Labute approximate surface area is 65.1 Å². The third-order valence-electron chi connectivity index (χ3n) is 0.892. The zero-order valence-corrected chi connectivity index (χ0v) is 6.79. The van der Waals surface area contributed by atoms with Crippen molar-refractivity contribution in [2.45, 2.75) is 13.8 Å². The smallest absolute Gasteiger partial charge is 0.228 e. The maximum Gasteiger partial charge on any atom is 0.228 e. The van der Waals surface area contributed by atoms with Crippen molar-refractivity contribution in [3.8, 4) is 0 Å². The molecule has 0 heterocycles. The number of nitrogens with two attached hydrogens (primary N) is 1. The topological polar surface area (TPSA) is 67.2 Å². The van der Waals surface area contributed by atoms with Crippen molar-refractivity contribution in [1.82, 2.24) is 10.7 Å². The van der Waals surface area contributed by atoms with E-state index in [1.807, 2.05) is 0 Å². The number of hydrogen-bond donors (Lipinski definition) is 3. The van der Waals surface area contributed by atoms with Gasteiger partial charge in [0, 0.05) is 5.92 Å². The molecule has 0 aliphatic heterocycles. The Bertz CT molecular complexity index is 146. The van der Waals surface area contributed by atoms with Gasteiger partial charge >= 0.3 is 0 Å². The Morgan fingerprint density at radius 1 is 1.60 bits per heavy atom. The number of carbonyl (C=O) groups excluding carboxylic acids is 1. The summed E-state index contributed by atoms with van der Waals surface area (Å²) in [7, 11) is 0. The fourth-order valence-corrected chi connectivity index (χ4v) is 0.393. The van der Waals surface area contributed by atoms with Crippen LogP contribution in [0.2, 0.25) is 0 Å². The second kappa shape index (κ2) is 4.19. The van der Waals surface area contributed by atoms with Crippen LogP contribution < -0.4 is 16.6 Å². The quantitative estimate of drug-likeness (QED) is 0.276. The Hall–Kier alpha value is -0.680. The van der Waals surface area contributed by atoms with E-state index >= 15 is 0 Å². The average molecular weight is 161 g/mol. The molecular formula is C5H11N3OS. The van der Waals surface area contributed by atoms with Crippen LogP contribution in [0.1, 0.15) is 13.8 Å². The van der Waals surface area contributed by atoms with E-state index in [2.05, 4.69) is 23.0 Å². The van der Waals surface area contributed by atoms with Crippen molar-refractivity contribution in [1.29, 1.82) is 0 Å². The zero-order valence-electron chi connectivity index (χ0n) is 5.97. The van der Waals surface area contributed by atoms with E-state index in [4.69, 9.17) is 5.84 Å². The molecule has 0 spiro atoms. The minimum atomic E-state index is -0.136. The normalized spacial score (nSPS) is 9.20. The molecule has 58 valence electrons. The molecule has 10 heavy (non-hydrogen) atoms. The van der Waals surface area contributed by atoms with Crippen molar-refractivity contribution in [2.75, 3.05) is 0 Å². The molecule has 0 aromatic heterocycles. The molecule has 0 bridgehead atoms. The number of carbonyl (C=O) groups is 1. The summed E-state index contributed by atoms with van der Waals surface area (Å²) in [5.41, 5.74) is 2.15. The van der Waals surface area contributed by atoms with Crippen LogP contribution in [-0.4, -0.2) is 11.0 Å². The van der Waals surface area contributed by atoms with Gasteiger partial charge in [0.2, 0.25) is 5.91 Å². The van der Waals surface area contributed by atoms with E-state index < -0.39 is 0 Å². The maximum absolute atomic E-state index is 10.8. The first-order chi connectivity index (χ1) is 4.57. The highest BCUT2D eigenvalue weighted by molar-refractivity contribution is 7.80. The van der Waals surface area contributed by atoms with Crippen molar-refractivity contribution in [3.05, 3.63) is 0 Å². The van der Waals surface area contributed by atoms with Gasteiger partial charge in [-0.15, -0.1) is 0 Å². The van der Waals surface area contributed by atoms with E-state index in [9.17, 15) is 4.79 Å². The predicted molar refractivity (Wildman–Crippen MR) is 42.9 cm³/mol. The first-order valence-electron chi connectivity index (χ1n) is 2.89. The highest BCUT2D eigenvalue weighted by Crippen LogP contribution is 1.89. The van der Waals surface area contributed by atoms with Gasteiger partial charge in [0.15, 0.2) is 5.11 Å².